The fourth-order valence-corrected chi connectivity index (χ4v) is 3.64. The van der Waals surface area contributed by atoms with E-state index >= 15 is 0 Å². The lowest BCUT2D eigenvalue weighted by Gasteiger charge is -2.39. The van der Waals surface area contributed by atoms with E-state index in [2.05, 4.69) is 13.8 Å². The molecule has 0 radical (unpaired) electrons. The van der Waals surface area contributed by atoms with Gasteiger partial charge in [-0.1, -0.05) is 51.0 Å². The largest absolute Gasteiger partial charge is 0.511 e. The topological polar surface area (TPSA) is 71.4 Å². The number of carbonyl (C=O) groups is 3. The minimum absolute atomic E-state index is 0.129. The first-order valence-electron chi connectivity index (χ1n) is 10.7. The molecule has 0 saturated heterocycles. The Morgan fingerprint density at radius 1 is 1.03 bits per heavy atom. The van der Waals surface area contributed by atoms with Crippen molar-refractivity contribution in [3.8, 4) is 0 Å². The van der Waals surface area contributed by atoms with Gasteiger partial charge in [0.05, 0.1) is 5.41 Å². The third-order valence-electron chi connectivity index (χ3n) is 5.61. The van der Waals surface area contributed by atoms with E-state index in [1.165, 1.54) is 0 Å². The highest BCUT2D eigenvalue weighted by atomic mass is 16.3. The number of ketones is 3. The minimum atomic E-state index is -1.32. The smallest absolute Gasteiger partial charge is 0.180 e. The van der Waals surface area contributed by atoms with E-state index in [9.17, 15) is 19.5 Å². The van der Waals surface area contributed by atoms with Gasteiger partial charge in [0, 0.05) is 11.5 Å². The van der Waals surface area contributed by atoms with E-state index in [1.807, 2.05) is 39.8 Å². The van der Waals surface area contributed by atoms with Crippen LogP contribution in [0.25, 0.3) is 0 Å². The van der Waals surface area contributed by atoms with Crippen molar-refractivity contribution >= 4 is 17.3 Å². The molecule has 0 fully saturated rings. The van der Waals surface area contributed by atoms with E-state index in [0.717, 1.165) is 17.6 Å². The van der Waals surface area contributed by atoms with Gasteiger partial charge in [-0.05, 0) is 59.3 Å². The summed E-state index contributed by atoms with van der Waals surface area (Å²) < 4.78 is 0. The molecule has 29 heavy (non-hydrogen) atoms. The van der Waals surface area contributed by atoms with Crippen LogP contribution in [0.15, 0.2) is 34.6 Å². The van der Waals surface area contributed by atoms with Crippen molar-refractivity contribution in [2.45, 2.75) is 81.1 Å². The highest BCUT2D eigenvalue weighted by molar-refractivity contribution is 6.28. The molecule has 0 amide bonds. The zero-order valence-electron chi connectivity index (χ0n) is 19.4. The number of aliphatic hydroxyl groups is 1. The number of hydrogen-bond acceptors (Lipinski definition) is 4. The maximum Gasteiger partial charge on any atom is 0.180 e. The molecular weight excluding hydrogens is 364 g/mol. The summed E-state index contributed by atoms with van der Waals surface area (Å²) in [5.41, 5.74) is 1.05. The molecule has 4 heteroatoms. The summed E-state index contributed by atoms with van der Waals surface area (Å²) in [6.45, 7) is 15.3. The van der Waals surface area contributed by atoms with Crippen LogP contribution in [0.5, 0.6) is 0 Å². The van der Waals surface area contributed by atoms with E-state index in [1.54, 1.807) is 13.8 Å². The Bertz CT molecular complexity index is 741. The van der Waals surface area contributed by atoms with E-state index in [-0.39, 0.29) is 23.5 Å². The van der Waals surface area contributed by atoms with Gasteiger partial charge in [-0.25, -0.2) is 0 Å². The van der Waals surface area contributed by atoms with Gasteiger partial charge in [0.15, 0.2) is 17.3 Å². The Balaban J connectivity index is 3.73. The lowest BCUT2D eigenvalue weighted by atomic mass is 9.61. The van der Waals surface area contributed by atoms with Crippen molar-refractivity contribution in [2.75, 3.05) is 0 Å². The fourth-order valence-electron chi connectivity index (χ4n) is 3.64. The van der Waals surface area contributed by atoms with Crippen molar-refractivity contribution < 1.29 is 19.5 Å². The first kappa shape index (κ1) is 25.1. The summed E-state index contributed by atoms with van der Waals surface area (Å²) in [5, 5.41) is 11.3. The fraction of sp³-hybridized carbons (Fsp3) is 0.640. The van der Waals surface area contributed by atoms with Crippen molar-refractivity contribution in [1.29, 1.82) is 0 Å². The van der Waals surface area contributed by atoms with Crippen molar-refractivity contribution in [2.24, 2.45) is 23.2 Å². The predicted octanol–water partition coefficient (Wildman–Crippen LogP) is 5.93. The molecule has 0 aliphatic heterocycles. The van der Waals surface area contributed by atoms with Gasteiger partial charge in [0.25, 0.3) is 0 Å². The zero-order valence-corrected chi connectivity index (χ0v) is 19.4. The van der Waals surface area contributed by atoms with Crippen molar-refractivity contribution in [3.05, 3.63) is 34.6 Å². The van der Waals surface area contributed by atoms with Gasteiger partial charge in [-0.2, -0.15) is 0 Å². The first-order chi connectivity index (χ1) is 13.3. The first-order valence-corrected chi connectivity index (χ1v) is 10.7. The lowest BCUT2D eigenvalue weighted by Crippen LogP contribution is -2.50. The molecule has 1 aliphatic rings. The highest BCUT2D eigenvalue weighted by Gasteiger charge is 2.54. The van der Waals surface area contributed by atoms with Gasteiger partial charge in [0.1, 0.15) is 11.7 Å². The molecule has 2 atom stereocenters. The second-order valence-electron chi connectivity index (χ2n) is 9.53. The van der Waals surface area contributed by atoms with Crippen LogP contribution in [0.1, 0.15) is 81.1 Å². The number of aliphatic hydroxyl groups excluding tert-OH is 1. The van der Waals surface area contributed by atoms with Crippen LogP contribution >= 0.6 is 0 Å². The quantitative estimate of drug-likeness (QED) is 0.383. The molecular formula is C25H38O4. The Kier molecular flexibility index (Phi) is 8.80. The van der Waals surface area contributed by atoms with Crippen LogP contribution in [0.3, 0.4) is 0 Å². The normalized spacial score (nSPS) is 22.3. The summed E-state index contributed by atoms with van der Waals surface area (Å²) in [7, 11) is 0. The summed E-state index contributed by atoms with van der Waals surface area (Å²) >= 11 is 0. The van der Waals surface area contributed by atoms with Crippen molar-refractivity contribution in [1.82, 2.24) is 0 Å². The van der Waals surface area contributed by atoms with Crippen LogP contribution in [-0.2, 0) is 14.4 Å². The van der Waals surface area contributed by atoms with Crippen LogP contribution in [-0.4, -0.2) is 22.5 Å². The van der Waals surface area contributed by atoms with Crippen LogP contribution in [0.4, 0.5) is 0 Å². The molecule has 4 nitrogen and oxygen atoms in total. The average Bonchev–Trinajstić information content (AvgIpc) is 2.60. The molecule has 0 heterocycles. The maximum absolute atomic E-state index is 13.6. The van der Waals surface area contributed by atoms with Crippen LogP contribution in [0.2, 0.25) is 0 Å². The summed E-state index contributed by atoms with van der Waals surface area (Å²) in [5.74, 6) is -2.85. The van der Waals surface area contributed by atoms with Gasteiger partial charge < -0.3 is 5.11 Å². The predicted molar refractivity (Wildman–Crippen MR) is 118 cm³/mol. The molecule has 2 unspecified atom stereocenters. The third-order valence-corrected chi connectivity index (χ3v) is 5.61. The molecule has 1 N–H and O–H groups in total. The van der Waals surface area contributed by atoms with Crippen molar-refractivity contribution in [3.63, 3.8) is 0 Å². The Morgan fingerprint density at radius 2 is 1.59 bits per heavy atom. The van der Waals surface area contributed by atoms with E-state index < -0.39 is 28.8 Å². The van der Waals surface area contributed by atoms with E-state index in [4.69, 9.17) is 0 Å². The van der Waals surface area contributed by atoms with E-state index in [0.29, 0.717) is 18.8 Å². The number of rotatable bonds is 9. The second-order valence-corrected chi connectivity index (χ2v) is 9.53. The molecule has 0 aromatic carbocycles. The SMILES string of the molecule is CC(C)=CCC1=C(O)C(CC=C(C)C)(CCC(C)C)C(=O)C(C(=O)C(C)C)C1=O. The highest BCUT2D eigenvalue weighted by Crippen LogP contribution is 2.47. The monoisotopic (exact) mass is 402 g/mol. The zero-order chi connectivity index (χ0) is 22.5. The molecule has 0 spiro atoms. The molecule has 0 saturated carbocycles. The Hall–Kier alpha value is -1.97. The maximum atomic E-state index is 13.6. The molecule has 1 rings (SSSR count). The number of Topliss-reactive ketones (excluding diaryl/α,β-unsaturated/α-hetero) is 3. The molecule has 0 aromatic heterocycles. The third kappa shape index (κ3) is 5.77. The Labute approximate surface area is 176 Å². The molecule has 0 aromatic rings. The summed E-state index contributed by atoms with van der Waals surface area (Å²) in [6.07, 6.45) is 5.48. The van der Waals surface area contributed by atoms with Gasteiger partial charge in [-0.3, -0.25) is 14.4 Å². The summed E-state index contributed by atoms with van der Waals surface area (Å²) in [4.78, 5) is 39.7. The number of carbonyl (C=O) groups excluding carboxylic acids is 3. The Morgan fingerprint density at radius 3 is 2.03 bits per heavy atom. The standard InChI is InChI=1S/C25H38O4/c1-15(2)9-10-19-22(27)20(21(26)18(7)8)24(29)25(23(19)28,13-11-16(3)4)14-12-17(5)6/h9,11,17-18,20,28H,10,12-14H2,1-8H3. The van der Waals surface area contributed by atoms with Crippen LogP contribution < -0.4 is 0 Å². The van der Waals surface area contributed by atoms with Gasteiger partial charge >= 0.3 is 0 Å². The number of allylic oxidation sites excluding steroid dienone is 6. The number of hydrogen-bond donors (Lipinski definition) is 1. The molecule has 0 bridgehead atoms. The molecule has 1 aliphatic carbocycles. The summed E-state index contributed by atoms with van der Waals surface area (Å²) in [6, 6.07) is 0. The minimum Gasteiger partial charge on any atom is -0.511 e. The van der Waals surface area contributed by atoms with Gasteiger partial charge in [-0.15, -0.1) is 0 Å². The van der Waals surface area contributed by atoms with Crippen LogP contribution in [0, 0.1) is 23.2 Å². The second kappa shape index (κ2) is 10.2. The average molecular weight is 403 g/mol. The lowest BCUT2D eigenvalue weighted by molar-refractivity contribution is -0.147. The molecule has 162 valence electrons. The van der Waals surface area contributed by atoms with Gasteiger partial charge in [0.2, 0.25) is 0 Å².